The van der Waals surface area contributed by atoms with E-state index in [1.54, 1.807) is 36.2 Å². The maximum Gasteiger partial charge on any atom is 0.243 e. The summed E-state index contributed by atoms with van der Waals surface area (Å²) in [6.07, 6.45) is 0.440. The molecule has 1 fully saturated rings. The third-order valence-corrected chi connectivity index (χ3v) is 6.07. The average molecular weight is 390 g/mol. The fourth-order valence-corrected chi connectivity index (χ4v) is 4.01. The summed E-state index contributed by atoms with van der Waals surface area (Å²) in [6, 6.07) is 6.60. The molecule has 2 rings (SSSR count). The van der Waals surface area contributed by atoms with Crippen molar-refractivity contribution in [1.82, 2.24) is 14.5 Å². The zero-order chi connectivity index (χ0) is 16.2. The molecule has 0 aliphatic carbocycles. The summed E-state index contributed by atoms with van der Waals surface area (Å²) in [5.41, 5.74) is 0. The minimum atomic E-state index is -3.48. The normalized spacial score (nSPS) is 16.7. The largest absolute Gasteiger partial charge is 0.340 e. The summed E-state index contributed by atoms with van der Waals surface area (Å²) in [4.78, 5) is 13.9. The number of carbonyl (C=O) groups excluding carboxylic acids is 1. The Hall–Kier alpha value is -0.960. The lowest BCUT2D eigenvalue weighted by molar-refractivity contribution is -0.132. The molecule has 6 nitrogen and oxygen atoms in total. The van der Waals surface area contributed by atoms with Crippen LogP contribution in [0.25, 0.3) is 0 Å². The third kappa shape index (κ3) is 4.07. The maximum atomic E-state index is 12.5. The molecule has 0 atom stereocenters. The van der Waals surface area contributed by atoms with E-state index < -0.39 is 10.0 Å². The zero-order valence-corrected chi connectivity index (χ0v) is 14.9. The van der Waals surface area contributed by atoms with E-state index in [9.17, 15) is 13.2 Å². The van der Waals surface area contributed by atoms with Crippen molar-refractivity contribution in [3.8, 4) is 0 Å². The summed E-state index contributed by atoms with van der Waals surface area (Å²) in [5.74, 6) is 0.0649. The summed E-state index contributed by atoms with van der Waals surface area (Å²) in [7, 11) is -1.68. The summed E-state index contributed by atoms with van der Waals surface area (Å²) in [6.45, 7) is 2.19. The number of halogens is 1. The molecule has 0 radical (unpaired) electrons. The van der Waals surface area contributed by atoms with E-state index in [0.717, 1.165) is 4.47 Å². The van der Waals surface area contributed by atoms with Gasteiger partial charge < -0.3 is 10.2 Å². The number of carbonyl (C=O) groups is 1. The Balaban J connectivity index is 1.98. The lowest BCUT2D eigenvalue weighted by Crippen LogP contribution is -2.50. The molecule has 1 aliphatic heterocycles. The van der Waals surface area contributed by atoms with E-state index in [1.807, 2.05) is 0 Å². The standard InChI is InChI=1S/C14H20BrN3O3S/c1-16-7-6-14(19)17-8-10-18(11-9-17)22(20,21)13-4-2-12(15)3-5-13/h2-5,16H,6-11H2,1H3. The van der Waals surface area contributed by atoms with Crippen LogP contribution in [0.5, 0.6) is 0 Å². The number of hydrogen-bond donors (Lipinski definition) is 1. The minimum absolute atomic E-state index is 0.0649. The maximum absolute atomic E-state index is 12.5. The second-order valence-electron chi connectivity index (χ2n) is 5.09. The monoisotopic (exact) mass is 389 g/mol. The first-order chi connectivity index (χ1) is 10.4. The topological polar surface area (TPSA) is 69.7 Å². The quantitative estimate of drug-likeness (QED) is 0.811. The Labute approximate surface area is 139 Å². The number of hydrogen-bond acceptors (Lipinski definition) is 4. The first-order valence-corrected chi connectivity index (χ1v) is 9.36. The number of sulfonamides is 1. The molecule has 1 N–H and O–H groups in total. The highest BCUT2D eigenvalue weighted by Crippen LogP contribution is 2.20. The fraction of sp³-hybridized carbons (Fsp3) is 0.500. The van der Waals surface area contributed by atoms with Crippen LogP contribution in [0.1, 0.15) is 6.42 Å². The lowest BCUT2D eigenvalue weighted by Gasteiger charge is -2.34. The Kier molecular flexibility index (Phi) is 5.96. The van der Waals surface area contributed by atoms with Gasteiger partial charge in [0.2, 0.25) is 15.9 Å². The van der Waals surface area contributed by atoms with E-state index in [0.29, 0.717) is 39.1 Å². The molecule has 0 bridgehead atoms. The molecule has 0 aromatic heterocycles. The predicted molar refractivity (Wildman–Crippen MR) is 88.0 cm³/mol. The van der Waals surface area contributed by atoms with Gasteiger partial charge in [-0.15, -0.1) is 0 Å². The Morgan fingerprint density at radius 1 is 1.18 bits per heavy atom. The Morgan fingerprint density at radius 2 is 1.77 bits per heavy atom. The van der Waals surface area contributed by atoms with Crippen LogP contribution in [0.15, 0.2) is 33.6 Å². The van der Waals surface area contributed by atoms with Crippen LogP contribution in [-0.2, 0) is 14.8 Å². The van der Waals surface area contributed by atoms with Gasteiger partial charge in [-0.05, 0) is 31.3 Å². The molecule has 1 aromatic carbocycles. The van der Waals surface area contributed by atoms with Gasteiger partial charge >= 0.3 is 0 Å². The van der Waals surface area contributed by atoms with Crippen molar-refractivity contribution in [2.75, 3.05) is 39.8 Å². The van der Waals surface area contributed by atoms with Crippen LogP contribution in [0.2, 0.25) is 0 Å². The number of rotatable bonds is 5. The second-order valence-corrected chi connectivity index (χ2v) is 7.95. The molecule has 0 unspecified atom stereocenters. The first-order valence-electron chi connectivity index (χ1n) is 7.13. The van der Waals surface area contributed by atoms with Crippen molar-refractivity contribution in [3.05, 3.63) is 28.7 Å². The SMILES string of the molecule is CNCCC(=O)N1CCN(S(=O)(=O)c2ccc(Br)cc2)CC1. The molecule has 1 amide bonds. The van der Waals surface area contributed by atoms with Gasteiger partial charge in [0.15, 0.2) is 0 Å². The molecular formula is C14H20BrN3O3S. The molecule has 1 aliphatic rings. The van der Waals surface area contributed by atoms with E-state index in [1.165, 1.54) is 4.31 Å². The summed E-state index contributed by atoms with van der Waals surface area (Å²) < 4.78 is 27.4. The third-order valence-electron chi connectivity index (χ3n) is 3.63. The summed E-state index contributed by atoms with van der Waals surface area (Å²) in [5, 5.41) is 2.94. The number of amides is 1. The van der Waals surface area contributed by atoms with E-state index >= 15 is 0 Å². The van der Waals surface area contributed by atoms with Gasteiger partial charge in [-0.1, -0.05) is 15.9 Å². The highest BCUT2D eigenvalue weighted by atomic mass is 79.9. The number of nitrogens with one attached hydrogen (secondary N) is 1. The lowest BCUT2D eigenvalue weighted by atomic mass is 10.3. The van der Waals surface area contributed by atoms with Gasteiger partial charge in [0.05, 0.1) is 4.90 Å². The van der Waals surface area contributed by atoms with Crippen molar-refractivity contribution < 1.29 is 13.2 Å². The van der Waals surface area contributed by atoms with Crippen LogP contribution < -0.4 is 5.32 Å². The number of benzene rings is 1. The average Bonchev–Trinajstić information content (AvgIpc) is 2.53. The van der Waals surface area contributed by atoms with Gasteiger partial charge in [0.1, 0.15) is 0 Å². The molecule has 1 saturated heterocycles. The van der Waals surface area contributed by atoms with Crippen LogP contribution >= 0.6 is 15.9 Å². The molecule has 0 spiro atoms. The molecule has 1 aromatic rings. The predicted octanol–water partition coefficient (Wildman–Crippen LogP) is 0.891. The molecule has 1 heterocycles. The van der Waals surface area contributed by atoms with Crippen molar-refractivity contribution in [2.45, 2.75) is 11.3 Å². The van der Waals surface area contributed by atoms with Gasteiger partial charge in [0.25, 0.3) is 0 Å². The van der Waals surface area contributed by atoms with E-state index in [-0.39, 0.29) is 10.8 Å². The van der Waals surface area contributed by atoms with Gasteiger partial charge in [-0.3, -0.25) is 4.79 Å². The van der Waals surface area contributed by atoms with Crippen molar-refractivity contribution in [3.63, 3.8) is 0 Å². The smallest absolute Gasteiger partial charge is 0.243 e. The van der Waals surface area contributed by atoms with Crippen molar-refractivity contribution >= 4 is 31.9 Å². The van der Waals surface area contributed by atoms with Gasteiger partial charge in [-0.2, -0.15) is 4.31 Å². The highest BCUT2D eigenvalue weighted by Gasteiger charge is 2.29. The summed E-state index contributed by atoms with van der Waals surface area (Å²) >= 11 is 3.29. The highest BCUT2D eigenvalue weighted by molar-refractivity contribution is 9.10. The first kappa shape index (κ1) is 17.4. The number of piperazine rings is 1. The molecule has 8 heteroatoms. The van der Waals surface area contributed by atoms with Crippen LogP contribution in [-0.4, -0.2) is 63.3 Å². The second kappa shape index (κ2) is 7.54. The van der Waals surface area contributed by atoms with Gasteiger partial charge in [0, 0.05) is 43.6 Å². The minimum Gasteiger partial charge on any atom is -0.340 e. The van der Waals surface area contributed by atoms with Crippen molar-refractivity contribution in [1.29, 1.82) is 0 Å². The molecule has 0 saturated carbocycles. The van der Waals surface area contributed by atoms with Crippen LogP contribution in [0.4, 0.5) is 0 Å². The fourth-order valence-electron chi connectivity index (χ4n) is 2.32. The number of nitrogens with zero attached hydrogens (tertiary/aromatic N) is 2. The van der Waals surface area contributed by atoms with Crippen LogP contribution in [0.3, 0.4) is 0 Å². The van der Waals surface area contributed by atoms with E-state index in [2.05, 4.69) is 21.2 Å². The Bertz CT molecular complexity index is 611. The van der Waals surface area contributed by atoms with Crippen molar-refractivity contribution in [2.24, 2.45) is 0 Å². The Morgan fingerprint density at radius 3 is 2.32 bits per heavy atom. The zero-order valence-electron chi connectivity index (χ0n) is 12.5. The molecule has 22 heavy (non-hydrogen) atoms. The molecular weight excluding hydrogens is 370 g/mol. The van der Waals surface area contributed by atoms with Crippen LogP contribution in [0, 0.1) is 0 Å². The molecule has 122 valence electrons. The van der Waals surface area contributed by atoms with E-state index in [4.69, 9.17) is 0 Å². The van der Waals surface area contributed by atoms with Gasteiger partial charge in [-0.25, -0.2) is 8.42 Å².